The highest BCUT2D eigenvalue weighted by atomic mass is 16.6. The summed E-state index contributed by atoms with van der Waals surface area (Å²) in [5, 5.41) is 11.2. The Hall–Kier alpha value is -2.25. The van der Waals surface area contributed by atoms with E-state index in [0.717, 1.165) is 0 Å². The molecule has 0 aromatic carbocycles. The normalized spacial score (nSPS) is 11.6. The summed E-state index contributed by atoms with van der Waals surface area (Å²) in [6, 6.07) is 0. The predicted molar refractivity (Wildman–Crippen MR) is 63.3 cm³/mol. The minimum atomic E-state index is -0.570. The van der Waals surface area contributed by atoms with Gasteiger partial charge in [0, 0.05) is 0 Å². The fraction of sp³-hybridized carbons (Fsp3) is 0.545. The number of aromatic nitrogens is 5. The summed E-state index contributed by atoms with van der Waals surface area (Å²) in [4.78, 5) is 15.8. The first-order chi connectivity index (χ1) is 8.87. The lowest BCUT2D eigenvalue weighted by molar-refractivity contribution is 0.00618. The van der Waals surface area contributed by atoms with Crippen LogP contribution in [0.4, 0.5) is 0 Å². The third-order valence-electron chi connectivity index (χ3n) is 2.27. The summed E-state index contributed by atoms with van der Waals surface area (Å²) < 4.78 is 11.6. The molecular weight excluding hydrogens is 250 g/mol. The highest BCUT2D eigenvalue weighted by Crippen LogP contribution is 2.13. The second kappa shape index (κ2) is 4.79. The van der Waals surface area contributed by atoms with Crippen LogP contribution in [0, 0.1) is 6.92 Å². The van der Waals surface area contributed by atoms with Crippen molar-refractivity contribution >= 4 is 5.97 Å². The molecule has 102 valence electrons. The van der Waals surface area contributed by atoms with Crippen molar-refractivity contribution < 1.29 is 14.1 Å². The minimum absolute atomic E-state index is 0.189. The van der Waals surface area contributed by atoms with E-state index in [-0.39, 0.29) is 12.2 Å². The van der Waals surface area contributed by atoms with Crippen LogP contribution >= 0.6 is 0 Å². The second-order valence-corrected chi connectivity index (χ2v) is 5.02. The molecule has 8 heteroatoms. The fourth-order valence-electron chi connectivity index (χ4n) is 1.42. The maximum atomic E-state index is 11.9. The van der Waals surface area contributed by atoms with Gasteiger partial charge >= 0.3 is 5.97 Å². The molecule has 2 aromatic rings. The van der Waals surface area contributed by atoms with E-state index in [4.69, 9.17) is 9.26 Å². The number of hydrogen-bond acceptors (Lipinski definition) is 7. The quantitative estimate of drug-likeness (QED) is 0.763. The molecule has 0 saturated carbocycles. The number of hydrogen-bond donors (Lipinski definition) is 0. The molecule has 0 bridgehead atoms. The van der Waals surface area contributed by atoms with E-state index in [1.54, 1.807) is 27.7 Å². The third kappa shape index (κ3) is 3.15. The molecule has 0 aliphatic heterocycles. The zero-order chi connectivity index (χ0) is 14.0. The Morgan fingerprint density at radius 2 is 2.21 bits per heavy atom. The molecule has 0 radical (unpaired) electrons. The lowest BCUT2D eigenvalue weighted by Gasteiger charge is -2.18. The van der Waals surface area contributed by atoms with Gasteiger partial charge in [-0.15, -0.1) is 5.10 Å². The Bertz CT molecular complexity index is 568. The molecule has 19 heavy (non-hydrogen) atoms. The van der Waals surface area contributed by atoms with E-state index in [2.05, 4.69) is 20.5 Å². The molecule has 8 nitrogen and oxygen atoms in total. The highest BCUT2D eigenvalue weighted by molar-refractivity contribution is 5.88. The Kier molecular flexibility index (Phi) is 3.32. The van der Waals surface area contributed by atoms with Crippen LogP contribution in [0.25, 0.3) is 0 Å². The van der Waals surface area contributed by atoms with Gasteiger partial charge in [-0.1, -0.05) is 10.4 Å². The molecule has 0 aliphatic carbocycles. The average molecular weight is 265 g/mol. The zero-order valence-corrected chi connectivity index (χ0v) is 11.2. The Labute approximate surface area is 109 Å². The molecule has 0 saturated heterocycles. The first-order valence-electron chi connectivity index (χ1n) is 5.76. The first-order valence-corrected chi connectivity index (χ1v) is 5.76. The molecule has 0 amide bonds. The molecule has 2 heterocycles. The standard InChI is InChI=1S/C11H15N5O3/c1-7-9(10(17)18-11(2,3)4)14-15-16(7)5-8-12-6-13-19-8/h6H,5H2,1-4H3. The van der Waals surface area contributed by atoms with E-state index in [0.29, 0.717) is 11.6 Å². The molecule has 0 fully saturated rings. The van der Waals surface area contributed by atoms with Gasteiger partial charge in [0.15, 0.2) is 12.0 Å². The van der Waals surface area contributed by atoms with Crippen LogP contribution in [0.1, 0.15) is 42.8 Å². The molecule has 0 atom stereocenters. The maximum absolute atomic E-state index is 11.9. The summed E-state index contributed by atoms with van der Waals surface area (Å²) in [7, 11) is 0. The SMILES string of the molecule is Cc1c(C(=O)OC(C)(C)C)nnn1Cc1ncno1. The maximum Gasteiger partial charge on any atom is 0.361 e. The van der Waals surface area contributed by atoms with E-state index in [1.807, 2.05) is 0 Å². The highest BCUT2D eigenvalue weighted by Gasteiger charge is 2.23. The van der Waals surface area contributed by atoms with Crippen molar-refractivity contribution in [1.82, 2.24) is 25.1 Å². The third-order valence-corrected chi connectivity index (χ3v) is 2.27. The first kappa shape index (κ1) is 13.2. The fourth-order valence-corrected chi connectivity index (χ4v) is 1.42. The Balaban J connectivity index is 2.16. The van der Waals surface area contributed by atoms with Gasteiger partial charge in [-0.25, -0.2) is 9.48 Å². The number of nitrogens with zero attached hydrogens (tertiary/aromatic N) is 5. The topological polar surface area (TPSA) is 95.9 Å². The lowest BCUT2D eigenvalue weighted by Crippen LogP contribution is -2.24. The molecule has 0 aliphatic rings. The molecule has 0 spiro atoms. The van der Waals surface area contributed by atoms with Gasteiger partial charge in [0.1, 0.15) is 12.1 Å². The summed E-state index contributed by atoms with van der Waals surface area (Å²) in [6.45, 7) is 7.38. The van der Waals surface area contributed by atoms with Crippen molar-refractivity contribution in [3.8, 4) is 0 Å². The monoisotopic (exact) mass is 265 g/mol. The molecular formula is C11H15N5O3. The second-order valence-electron chi connectivity index (χ2n) is 5.02. The van der Waals surface area contributed by atoms with Crippen LogP contribution in [0.2, 0.25) is 0 Å². The predicted octanol–water partition coefficient (Wildman–Crippen LogP) is 0.973. The van der Waals surface area contributed by atoms with Gasteiger partial charge in [-0.05, 0) is 27.7 Å². The smallest absolute Gasteiger partial charge is 0.361 e. The molecule has 0 N–H and O–H groups in total. The Morgan fingerprint density at radius 1 is 1.47 bits per heavy atom. The van der Waals surface area contributed by atoms with Gasteiger partial charge in [0.25, 0.3) is 0 Å². The van der Waals surface area contributed by atoms with Gasteiger partial charge in [0.05, 0.1) is 5.69 Å². The molecule has 2 rings (SSSR count). The van der Waals surface area contributed by atoms with Crippen molar-refractivity contribution in [3.05, 3.63) is 23.6 Å². The van der Waals surface area contributed by atoms with Crippen molar-refractivity contribution in [2.75, 3.05) is 0 Å². The van der Waals surface area contributed by atoms with Crippen LogP contribution in [-0.4, -0.2) is 36.7 Å². The van der Waals surface area contributed by atoms with Crippen LogP contribution in [-0.2, 0) is 11.3 Å². The number of carbonyl (C=O) groups is 1. The van der Waals surface area contributed by atoms with Crippen molar-refractivity contribution in [1.29, 1.82) is 0 Å². The van der Waals surface area contributed by atoms with E-state index in [1.165, 1.54) is 11.0 Å². The van der Waals surface area contributed by atoms with Crippen molar-refractivity contribution in [3.63, 3.8) is 0 Å². The van der Waals surface area contributed by atoms with E-state index < -0.39 is 11.6 Å². The van der Waals surface area contributed by atoms with Gasteiger partial charge in [-0.3, -0.25) is 0 Å². The van der Waals surface area contributed by atoms with Gasteiger partial charge < -0.3 is 9.26 Å². The number of esters is 1. The van der Waals surface area contributed by atoms with Gasteiger partial charge in [-0.2, -0.15) is 4.98 Å². The lowest BCUT2D eigenvalue weighted by atomic mass is 10.2. The van der Waals surface area contributed by atoms with Crippen LogP contribution in [0.5, 0.6) is 0 Å². The van der Waals surface area contributed by atoms with E-state index >= 15 is 0 Å². The number of rotatable bonds is 3. The average Bonchev–Trinajstić information content (AvgIpc) is 2.88. The van der Waals surface area contributed by atoms with Crippen LogP contribution in [0.3, 0.4) is 0 Å². The number of carbonyl (C=O) groups excluding carboxylic acids is 1. The van der Waals surface area contributed by atoms with Crippen LogP contribution in [0.15, 0.2) is 10.9 Å². The van der Waals surface area contributed by atoms with Crippen molar-refractivity contribution in [2.24, 2.45) is 0 Å². The van der Waals surface area contributed by atoms with E-state index in [9.17, 15) is 4.79 Å². The zero-order valence-electron chi connectivity index (χ0n) is 11.2. The van der Waals surface area contributed by atoms with Crippen molar-refractivity contribution in [2.45, 2.75) is 39.8 Å². The summed E-state index contributed by atoms with van der Waals surface area (Å²) >= 11 is 0. The summed E-state index contributed by atoms with van der Waals surface area (Å²) in [5.41, 5.74) is 0.210. The largest absolute Gasteiger partial charge is 0.455 e. The van der Waals surface area contributed by atoms with Crippen LogP contribution < -0.4 is 0 Å². The minimum Gasteiger partial charge on any atom is -0.455 e. The van der Waals surface area contributed by atoms with Gasteiger partial charge in [0.2, 0.25) is 5.89 Å². The molecule has 0 unspecified atom stereocenters. The Morgan fingerprint density at radius 3 is 2.79 bits per heavy atom. The summed E-state index contributed by atoms with van der Waals surface area (Å²) in [6.07, 6.45) is 1.30. The molecule has 2 aromatic heterocycles. The number of ether oxygens (including phenoxy) is 1. The summed E-state index contributed by atoms with van der Waals surface area (Å²) in [5.74, 6) is -0.106.